The highest BCUT2D eigenvalue weighted by Crippen LogP contribution is 2.29. The number of rotatable bonds is 3. The van der Waals surface area contributed by atoms with Crippen molar-refractivity contribution in [1.82, 2.24) is 5.32 Å². The van der Waals surface area contributed by atoms with Crippen LogP contribution in [0.15, 0.2) is 11.8 Å². The molecule has 0 heterocycles. The van der Waals surface area contributed by atoms with Crippen LogP contribution in [0.2, 0.25) is 0 Å². The molecule has 1 aliphatic rings. The Balaban J connectivity index is 2.72. The van der Waals surface area contributed by atoms with Crippen LogP contribution < -0.4 is 5.32 Å². The summed E-state index contributed by atoms with van der Waals surface area (Å²) in [7, 11) is -3.87. The SMILES string of the molecule is CN[C@H]1CCC=C(OS(=O)(=O)C(F)(F)F)C1. The van der Waals surface area contributed by atoms with Crippen LogP contribution in [-0.2, 0) is 14.3 Å². The predicted molar refractivity (Wildman–Crippen MR) is 50.8 cm³/mol. The Morgan fingerprint density at radius 2 is 2.12 bits per heavy atom. The third kappa shape index (κ3) is 3.11. The second kappa shape index (κ2) is 4.62. The largest absolute Gasteiger partial charge is 0.534 e. The summed E-state index contributed by atoms with van der Waals surface area (Å²) < 4.78 is 61.5. The maximum atomic E-state index is 12.0. The number of hydrogen-bond acceptors (Lipinski definition) is 4. The molecule has 1 rings (SSSR count). The summed E-state index contributed by atoms with van der Waals surface area (Å²) >= 11 is 0. The molecular formula is C8H12F3NO3S. The van der Waals surface area contributed by atoms with Gasteiger partial charge in [-0.05, 0) is 26.0 Å². The fourth-order valence-electron chi connectivity index (χ4n) is 1.38. The van der Waals surface area contributed by atoms with Crippen LogP contribution in [-0.4, -0.2) is 27.0 Å². The van der Waals surface area contributed by atoms with E-state index in [0.717, 1.165) is 6.42 Å². The molecule has 0 amide bonds. The van der Waals surface area contributed by atoms with Crippen molar-refractivity contribution >= 4 is 10.1 Å². The van der Waals surface area contributed by atoms with Gasteiger partial charge in [0.25, 0.3) is 0 Å². The molecule has 8 heteroatoms. The summed E-state index contributed by atoms with van der Waals surface area (Å²) in [5, 5.41) is 2.86. The van der Waals surface area contributed by atoms with Crippen molar-refractivity contribution in [2.24, 2.45) is 0 Å². The van der Waals surface area contributed by atoms with Crippen molar-refractivity contribution in [2.45, 2.75) is 30.8 Å². The first-order valence-electron chi connectivity index (χ1n) is 4.63. The van der Waals surface area contributed by atoms with Crippen LogP contribution in [0, 0.1) is 0 Å². The smallest absolute Gasteiger partial charge is 0.381 e. The minimum Gasteiger partial charge on any atom is -0.381 e. The number of hydrogen-bond donors (Lipinski definition) is 1. The van der Waals surface area contributed by atoms with Gasteiger partial charge in [-0.3, -0.25) is 0 Å². The second-order valence-corrected chi connectivity index (χ2v) is 4.96. The van der Waals surface area contributed by atoms with E-state index in [2.05, 4.69) is 9.50 Å². The van der Waals surface area contributed by atoms with E-state index < -0.39 is 15.6 Å². The summed E-state index contributed by atoms with van der Waals surface area (Å²) in [6.45, 7) is 0. The standard InChI is InChI=1S/C8H12F3NO3S/c1-12-6-3-2-4-7(5-6)15-16(13,14)8(9,10)11/h4,6,12H,2-3,5H2,1H3/t6-/m0/s1. The monoisotopic (exact) mass is 259 g/mol. The van der Waals surface area contributed by atoms with Gasteiger partial charge in [0.15, 0.2) is 0 Å². The quantitative estimate of drug-likeness (QED) is 0.616. The minimum atomic E-state index is -5.53. The summed E-state index contributed by atoms with van der Waals surface area (Å²) in [5.74, 6) is -0.150. The fourth-order valence-corrected chi connectivity index (χ4v) is 1.89. The lowest BCUT2D eigenvalue weighted by Gasteiger charge is -2.22. The molecule has 0 aromatic heterocycles. The van der Waals surface area contributed by atoms with Crippen LogP contribution in [0.1, 0.15) is 19.3 Å². The predicted octanol–water partition coefficient (Wildman–Crippen LogP) is 1.51. The van der Waals surface area contributed by atoms with Crippen molar-refractivity contribution in [3.63, 3.8) is 0 Å². The highest BCUT2D eigenvalue weighted by Gasteiger charge is 2.49. The van der Waals surface area contributed by atoms with Gasteiger partial charge in [0.05, 0.1) is 0 Å². The molecule has 1 N–H and O–H groups in total. The van der Waals surface area contributed by atoms with Crippen LogP contribution in [0.5, 0.6) is 0 Å². The Kier molecular flexibility index (Phi) is 3.84. The van der Waals surface area contributed by atoms with Gasteiger partial charge in [-0.15, -0.1) is 0 Å². The Hall–Kier alpha value is -0.760. The molecular weight excluding hydrogens is 247 g/mol. The summed E-state index contributed by atoms with van der Waals surface area (Å²) in [4.78, 5) is 0. The van der Waals surface area contributed by atoms with Crippen molar-refractivity contribution in [3.8, 4) is 0 Å². The zero-order chi connectivity index (χ0) is 12.4. The number of halogens is 3. The maximum Gasteiger partial charge on any atom is 0.534 e. The zero-order valence-electron chi connectivity index (χ0n) is 8.54. The molecule has 0 aromatic rings. The van der Waals surface area contributed by atoms with Crippen molar-refractivity contribution in [2.75, 3.05) is 7.05 Å². The van der Waals surface area contributed by atoms with E-state index in [1.54, 1.807) is 7.05 Å². The van der Waals surface area contributed by atoms with E-state index in [-0.39, 0.29) is 18.2 Å². The lowest BCUT2D eigenvalue weighted by molar-refractivity contribution is -0.0524. The van der Waals surface area contributed by atoms with Gasteiger partial charge in [0.2, 0.25) is 0 Å². The van der Waals surface area contributed by atoms with Gasteiger partial charge in [-0.25, -0.2) is 0 Å². The zero-order valence-corrected chi connectivity index (χ0v) is 9.36. The molecule has 4 nitrogen and oxygen atoms in total. The van der Waals surface area contributed by atoms with Crippen molar-refractivity contribution in [1.29, 1.82) is 0 Å². The molecule has 1 atom stereocenters. The highest BCUT2D eigenvalue weighted by molar-refractivity contribution is 7.87. The topological polar surface area (TPSA) is 55.4 Å². The van der Waals surface area contributed by atoms with E-state index in [9.17, 15) is 21.6 Å². The first kappa shape index (κ1) is 13.3. The maximum absolute atomic E-state index is 12.0. The average molecular weight is 259 g/mol. The molecule has 0 fully saturated rings. The lowest BCUT2D eigenvalue weighted by atomic mass is 10.0. The fraction of sp³-hybridized carbons (Fsp3) is 0.750. The van der Waals surface area contributed by atoms with Gasteiger partial charge < -0.3 is 9.50 Å². The number of nitrogens with one attached hydrogen (secondary N) is 1. The Morgan fingerprint density at radius 1 is 1.50 bits per heavy atom. The third-order valence-corrected chi connectivity index (χ3v) is 3.24. The molecule has 0 radical (unpaired) electrons. The average Bonchev–Trinajstić information content (AvgIpc) is 2.15. The Morgan fingerprint density at radius 3 is 2.62 bits per heavy atom. The first-order chi connectivity index (χ1) is 7.26. The second-order valence-electron chi connectivity index (χ2n) is 3.42. The van der Waals surface area contributed by atoms with E-state index in [1.165, 1.54) is 6.08 Å². The molecule has 0 saturated carbocycles. The summed E-state index contributed by atoms with van der Waals surface area (Å²) in [6.07, 6.45) is 2.76. The first-order valence-corrected chi connectivity index (χ1v) is 6.04. The van der Waals surface area contributed by atoms with Gasteiger partial charge >= 0.3 is 15.6 Å². The molecule has 0 aliphatic heterocycles. The lowest BCUT2D eigenvalue weighted by Crippen LogP contribution is -2.31. The van der Waals surface area contributed by atoms with E-state index >= 15 is 0 Å². The van der Waals surface area contributed by atoms with Crippen LogP contribution in [0.3, 0.4) is 0 Å². The molecule has 0 spiro atoms. The molecule has 0 saturated heterocycles. The van der Waals surface area contributed by atoms with Crippen LogP contribution in [0.4, 0.5) is 13.2 Å². The number of allylic oxidation sites excluding steroid dienone is 1. The molecule has 0 unspecified atom stereocenters. The summed E-state index contributed by atoms with van der Waals surface area (Å²) in [6, 6.07) is -0.0524. The van der Waals surface area contributed by atoms with Crippen molar-refractivity contribution < 1.29 is 25.8 Å². The molecule has 94 valence electrons. The van der Waals surface area contributed by atoms with E-state index in [4.69, 9.17) is 0 Å². The van der Waals surface area contributed by atoms with Gasteiger partial charge in [-0.2, -0.15) is 21.6 Å². The van der Waals surface area contributed by atoms with E-state index in [1.807, 2.05) is 0 Å². The van der Waals surface area contributed by atoms with Crippen LogP contribution in [0.25, 0.3) is 0 Å². The normalized spacial score (nSPS) is 22.8. The molecule has 0 aromatic carbocycles. The third-order valence-electron chi connectivity index (χ3n) is 2.24. The molecule has 0 bridgehead atoms. The Labute approximate surface area is 91.6 Å². The minimum absolute atomic E-state index is 0.0524. The molecule has 16 heavy (non-hydrogen) atoms. The number of alkyl halides is 3. The van der Waals surface area contributed by atoms with E-state index in [0.29, 0.717) is 6.42 Å². The Bertz CT molecular complexity index is 374. The van der Waals surface area contributed by atoms with Gasteiger partial charge in [0, 0.05) is 12.5 Å². The summed E-state index contributed by atoms with van der Waals surface area (Å²) in [5.41, 5.74) is -5.37. The van der Waals surface area contributed by atoms with Crippen molar-refractivity contribution in [3.05, 3.63) is 11.8 Å². The molecule has 1 aliphatic carbocycles. The van der Waals surface area contributed by atoms with Crippen LogP contribution >= 0.6 is 0 Å². The van der Waals surface area contributed by atoms with Gasteiger partial charge in [-0.1, -0.05) is 0 Å². The highest BCUT2D eigenvalue weighted by atomic mass is 32.2. The van der Waals surface area contributed by atoms with Gasteiger partial charge in [0.1, 0.15) is 5.76 Å².